The highest BCUT2D eigenvalue weighted by molar-refractivity contribution is 6.30. The molecule has 0 aliphatic rings. The Morgan fingerprint density at radius 2 is 2.22 bits per heavy atom. The number of aryl methyl sites for hydroxylation is 1. The molecule has 0 radical (unpaired) electrons. The molecule has 0 spiro atoms. The van der Waals surface area contributed by atoms with Gasteiger partial charge in [-0.2, -0.15) is 13.9 Å². The quantitative estimate of drug-likeness (QED) is 0.861. The van der Waals surface area contributed by atoms with Gasteiger partial charge in [-0.1, -0.05) is 24.6 Å². The lowest BCUT2D eigenvalue weighted by Gasteiger charge is -2.17. The fourth-order valence-corrected chi connectivity index (χ4v) is 2.26. The largest absolute Gasteiger partial charge is 0.433 e. The van der Waals surface area contributed by atoms with Crippen LogP contribution in [0.3, 0.4) is 0 Å². The van der Waals surface area contributed by atoms with E-state index in [0.717, 1.165) is 5.56 Å². The molecule has 1 N–H and O–H groups in total. The molecule has 1 heterocycles. The van der Waals surface area contributed by atoms with Crippen LogP contribution in [0.4, 0.5) is 14.5 Å². The van der Waals surface area contributed by atoms with Crippen molar-refractivity contribution in [3.63, 3.8) is 0 Å². The Hall–Kier alpha value is -2.15. The number of benzene rings is 1. The summed E-state index contributed by atoms with van der Waals surface area (Å²) < 4.78 is 30.9. The fourth-order valence-electron chi connectivity index (χ4n) is 2.12. The number of rotatable bonds is 6. The van der Waals surface area contributed by atoms with Gasteiger partial charge in [-0.25, -0.2) is 0 Å². The van der Waals surface area contributed by atoms with Crippen molar-refractivity contribution in [3.8, 4) is 5.75 Å². The molecule has 2 rings (SSSR count). The molecule has 0 aliphatic heterocycles. The number of anilines is 1. The van der Waals surface area contributed by atoms with E-state index in [1.807, 2.05) is 6.92 Å². The second-order valence-corrected chi connectivity index (χ2v) is 5.37. The van der Waals surface area contributed by atoms with Crippen molar-refractivity contribution in [2.75, 3.05) is 5.32 Å². The summed E-state index contributed by atoms with van der Waals surface area (Å²) >= 11 is 5.81. The Balaban J connectivity index is 2.21. The van der Waals surface area contributed by atoms with E-state index in [1.165, 1.54) is 29.2 Å². The van der Waals surface area contributed by atoms with Crippen molar-refractivity contribution < 1.29 is 18.3 Å². The van der Waals surface area contributed by atoms with Crippen LogP contribution < -0.4 is 10.1 Å². The SMILES string of the molecule is CCC(C(=O)Nc1ccc(C)cc1OC(F)F)n1cc(Cl)cn1. The highest BCUT2D eigenvalue weighted by atomic mass is 35.5. The zero-order valence-corrected chi connectivity index (χ0v) is 13.3. The first kappa shape index (κ1) is 17.2. The van der Waals surface area contributed by atoms with Gasteiger partial charge in [0.05, 0.1) is 16.9 Å². The first-order valence-corrected chi connectivity index (χ1v) is 7.34. The summed E-state index contributed by atoms with van der Waals surface area (Å²) in [5.41, 5.74) is 0.919. The Morgan fingerprint density at radius 3 is 2.78 bits per heavy atom. The first-order valence-electron chi connectivity index (χ1n) is 6.96. The van der Waals surface area contributed by atoms with Crippen molar-refractivity contribution in [1.82, 2.24) is 9.78 Å². The second-order valence-electron chi connectivity index (χ2n) is 4.93. The maximum atomic E-state index is 12.5. The van der Waals surface area contributed by atoms with Crippen LogP contribution in [0, 0.1) is 6.92 Å². The predicted octanol–water partition coefficient (Wildman–Crippen LogP) is 4.04. The molecular formula is C15H16ClF2N3O2. The van der Waals surface area contributed by atoms with Gasteiger partial charge in [-0.3, -0.25) is 9.48 Å². The normalized spacial score (nSPS) is 12.3. The number of alkyl halides is 2. The minimum Gasteiger partial charge on any atom is -0.433 e. The minimum absolute atomic E-state index is 0.0818. The van der Waals surface area contributed by atoms with E-state index >= 15 is 0 Å². The van der Waals surface area contributed by atoms with E-state index in [-0.39, 0.29) is 11.4 Å². The molecule has 8 heteroatoms. The number of hydrogen-bond donors (Lipinski definition) is 1. The summed E-state index contributed by atoms with van der Waals surface area (Å²) in [4.78, 5) is 12.4. The molecule has 1 aromatic heterocycles. The van der Waals surface area contributed by atoms with Crippen LogP contribution in [0.15, 0.2) is 30.6 Å². The number of nitrogens with one attached hydrogen (secondary N) is 1. The smallest absolute Gasteiger partial charge is 0.387 e. The van der Waals surface area contributed by atoms with Crippen LogP contribution in [0.2, 0.25) is 5.02 Å². The second kappa shape index (κ2) is 7.41. The Kier molecular flexibility index (Phi) is 5.54. The number of hydrogen-bond acceptors (Lipinski definition) is 3. The van der Waals surface area contributed by atoms with Gasteiger partial charge in [0.2, 0.25) is 5.91 Å². The average Bonchev–Trinajstić information content (AvgIpc) is 2.88. The predicted molar refractivity (Wildman–Crippen MR) is 83.0 cm³/mol. The molecular weight excluding hydrogens is 328 g/mol. The number of ether oxygens (including phenoxy) is 1. The van der Waals surface area contributed by atoms with Crippen LogP contribution in [-0.4, -0.2) is 22.3 Å². The number of amides is 1. The Labute approximate surface area is 137 Å². The molecule has 0 saturated carbocycles. The van der Waals surface area contributed by atoms with Gasteiger partial charge in [-0.15, -0.1) is 0 Å². The van der Waals surface area contributed by atoms with Crippen molar-refractivity contribution in [2.24, 2.45) is 0 Å². The summed E-state index contributed by atoms with van der Waals surface area (Å²) in [7, 11) is 0. The molecule has 124 valence electrons. The van der Waals surface area contributed by atoms with Gasteiger partial charge in [0.15, 0.2) is 0 Å². The van der Waals surface area contributed by atoms with E-state index < -0.39 is 18.6 Å². The van der Waals surface area contributed by atoms with Crippen molar-refractivity contribution in [3.05, 3.63) is 41.2 Å². The summed E-state index contributed by atoms with van der Waals surface area (Å²) in [5.74, 6) is -0.475. The van der Waals surface area contributed by atoms with Crippen molar-refractivity contribution in [1.29, 1.82) is 0 Å². The zero-order chi connectivity index (χ0) is 17.0. The molecule has 5 nitrogen and oxygen atoms in total. The lowest BCUT2D eigenvalue weighted by Crippen LogP contribution is -2.26. The highest BCUT2D eigenvalue weighted by Crippen LogP contribution is 2.28. The lowest BCUT2D eigenvalue weighted by molar-refractivity contribution is -0.119. The standard InChI is InChI=1S/C15H16ClF2N3O2/c1-3-12(21-8-10(16)7-19-21)14(22)20-11-5-4-9(2)6-13(11)23-15(17)18/h4-8,12,15H,3H2,1-2H3,(H,20,22). The van der Waals surface area contributed by atoms with Crippen LogP contribution in [0.25, 0.3) is 0 Å². The van der Waals surface area contributed by atoms with E-state index in [1.54, 1.807) is 13.0 Å². The summed E-state index contributed by atoms with van der Waals surface area (Å²) in [6, 6.07) is 4.05. The first-order chi connectivity index (χ1) is 10.9. The highest BCUT2D eigenvalue weighted by Gasteiger charge is 2.21. The van der Waals surface area contributed by atoms with E-state index in [9.17, 15) is 13.6 Å². The third-order valence-electron chi connectivity index (χ3n) is 3.19. The average molecular weight is 344 g/mol. The molecule has 0 saturated heterocycles. The monoisotopic (exact) mass is 343 g/mol. The van der Waals surface area contributed by atoms with Gasteiger partial charge in [-0.05, 0) is 31.0 Å². The van der Waals surface area contributed by atoms with E-state index in [4.69, 9.17) is 11.6 Å². The molecule has 0 aliphatic carbocycles. The van der Waals surface area contributed by atoms with E-state index in [2.05, 4.69) is 15.2 Å². The van der Waals surface area contributed by atoms with Gasteiger partial charge >= 0.3 is 6.61 Å². The van der Waals surface area contributed by atoms with Gasteiger partial charge < -0.3 is 10.1 Å². The molecule has 0 bridgehead atoms. The number of carbonyl (C=O) groups excluding carboxylic acids is 1. The molecule has 1 amide bonds. The van der Waals surface area contributed by atoms with Crippen molar-refractivity contribution >= 4 is 23.2 Å². The van der Waals surface area contributed by atoms with Gasteiger partial charge in [0.1, 0.15) is 11.8 Å². The van der Waals surface area contributed by atoms with Gasteiger partial charge in [0, 0.05) is 6.20 Å². The summed E-state index contributed by atoms with van der Waals surface area (Å²) in [5, 5.41) is 7.02. The lowest BCUT2D eigenvalue weighted by atomic mass is 10.1. The number of nitrogens with zero attached hydrogens (tertiary/aromatic N) is 2. The molecule has 23 heavy (non-hydrogen) atoms. The topological polar surface area (TPSA) is 56.1 Å². The number of halogens is 3. The molecule has 1 unspecified atom stereocenters. The third kappa shape index (κ3) is 4.41. The molecule has 1 aromatic carbocycles. The maximum absolute atomic E-state index is 12.5. The van der Waals surface area contributed by atoms with Crippen LogP contribution in [0.1, 0.15) is 24.9 Å². The Morgan fingerprint density at radius 1 is 1.48 bits per heavy atom. The maximum Gasteiger partial charge on any atom is 0.387 e. The minimum atomic E-state index is -2.97. The molecule has 0 fully saturated rings. The van der Waals surface area contributed by atoms with Crippen LogP contribution in [0.5, 0.6) is 5.75 Å². The number of carbonyl (C=O) groups is 1. The Bertz CT molecular complexity index is 691. The zero-order valence-electron chi connectivity index (χ0n) is 12.6. The molecule has 2 aromatic rings. The number of aromatic nitrogens is 2. The third-order valence-corrected chi connectivity index (χ3v) is 3.38. The van der Waals surface area contributed by atoms with Gasteiger partial charge in [0.25, 0.3) is 0 Å². The fraction of sp³-hybridized carbons (Fsp3) is 0.333. The van der Waals surface area contributed by atoms with Crippen LogP contribution in [-0.2, 0) is 4.79 Å². The molecule has 1 atom stereocenters. The van der Waals surface area contributed by atoms with E-state index in [0.29, 0.717) is 11.4 Å². The summed E-state index contributed by atoms with van der Waals surface area (Å²) in [6.45, 7) is 0.579. The van der Waals surface area contributed by atoms with Crippen LogP contribution >= 0.6 is 11.6 Å². The summed E-state index contributed by atoms with van der Waals surface area (Å²) in [6.07, 6.45) is 3.41. The van der Waals surface area contributed by atoms with Crippen molar-refractivity contribution in [2.45, 2.75) is 32.9 Å².